The standard InChI is InChI=1S/C28H20ClN3O3S/c29-22-14-13-20(27-30-23-11-4-5-12-25(23)35-27)16-24(22)31-28(36)32-26(33)19-9-6-10-21(15-19)34-17-18-7-2-1-3-8-18/h1-16H,17H2,(H2,31,32,33,36). The van der Waals surface area contributed by atoms with Crippen molar-refractivity contribution in [2.45, 2.75) is 6.61 Å². The Bertz CT molecular complexity index is 1520. The lowest BCUT2D eigenvalue weighted by molar-refractivity contribution is 0.0977. The highest BCUT2D eigenvalue weighted by Crippen LogP contribution is 2.30. The molecule has 0 spiro atoms. The summed E-state index contributed by atoms with van der Waals surface area (Å²) in [6.07, 6.45) is 0. The molecule has 0 unspecified atom stereocenters. The Hall–Kier alpha value is -4.20. The molecule has 0 radical (unpaired) electrons. The summed E-state index contributed by atoms with van der Waals surface area (Å²) in [7, 11) is 0. The van der Waals surface area contributed by atoms with Gasteiger partial charge in [0.2, 0.25) is 5.89 Å². The van der Waals surface area contributed by atoms with E-state index in [0.717, 1.165) is 16.6 Å². The predicted octanol–water partition coefficient (Wildman–Crippen LogP) is 6.85. The van der Waals surface area contributed by atoms with E-state index in [2.05, 4.69) is 15.6 Å². The molecule has 4 aromatic carbocycles. The van der Waals surface area contributed by atoms with Crippen LogP contribution in [0.15, 0.2) is 101 Å². The Kier molecular flexibility index (Phi) is 6.93. The maximum absolute atomic E-state index is 12.8. The number of hydrogen-bond acceptors (Lipinski definition) is 5. The number of fused-ring (bicyclic) bond motifs is 1. The second-order valence-corrected chi connectivity index (χ2v) is 8.71. The van der Waals surface area contributed by atoms with Crippen molar-refractivity contribution in [1.82, 2.24) is 10.3 Å². The van der Waals surface area contributed by atoms with E-state index in [9.17, 15) is 4.79 Å². The minimum absolute atomic E-state index is 0.104. The third kappa shape index (κ3) is 5.54. The van der Waals surface area contributed by atoms with Gasteiger partial charge in [0, 0.05) is 11.1 Å². The van der Waals surface area contributed by atoms with Crippen LogP contribution in [0.1, 0.15) is 15.9 Å². The number of carbonyl (C=O) groups is 1. The summed E-state index contributed by atoms with van der Waals surface area (Å²) in [5.41, 5.74) is 4.13. The van der Waals surface area contributed by atoms with E-state index >= 15 is 0 Å². The molecule has 0 fully saturated rings. The van der Waals surface area contributed by atoms with Gasteiger partial charge in [-0.1, -0.05) is 60.1 Å². The van der Waals surface area contributed by atoms with Gasteiger partial charge < -0.3 is 14.5 Å². The molecule has 0 aliphatic carbocycles. The van der Waals surface area contributed by atoms with Gasteiger partial charge in [-0.05, 0) is 66.3 Å². The Morgan fingerprint density at radius 2 is 1.75 bits per heavy atom. The highest BCUT2D eigenvalue weighted by Gasteiger charge is 2.13. The zero-order valence-corrected chi connectivity index (χ0v) is 20.5. The molecule has 178 valence electrons. The lowest BCUT2D eigenvalue weighted by Gasteiger charge is -2.12. The molecule has 0 bridgehead atoms. The van der Waals surface area contributed by atoms with Gasteiger partial charge in [-0.25, -0.2) is 4.98 Å². The van der Waals surface area contributed by atoms with Gasteiger partial charge in [0.1, 0.15) is 17.9 Å². The van der Waals surface area contributed by atoms with Crippen molar-refractivity contribution >= 4 is 51.6 Å². The summed E-state index contributed by atoms with van der Waals surface area (Å²) in [5, 5.41) is 6.20. The Balaban J connectivity index is 1.25. The van der Waals surface area contributed by atoms with Crippen LogP contribution in [-0.2, 0) is 6.61 Å². The molecule has 0 aliphatic heterocycles. The summed E-state index contributed by atoms with van der Waals surface area (Å²) < 4.78 is 11.7. The fourth-order valence-electron chi connectivity index (χ4n) is 3.55. The molecule has 0 aliphatic rings. The molecule has 5 aromatic rings. The number of oxazole rings is 1. The van der Waals surface area contributed by atoms with Gasteiger partial charge >= 0.3 is 0 Å². The largest absolute Gasteiger partial charge is 0.489 e. The number of ether oxygens (including phenoxy) is 1. The summed E-state index contributed by atoms with van der Waals surface area (Å²) in [6, 6.07) is 29.5. The molecular formula is C28H20ClN3O3S. The first kappa shape index (κ1) is 23.5. The van der Waals surface area contributed by atoms with Crippen LogP contribution in [-0.4, -0.2) is 16.0 Å². The Morgan fingerprint density at radius 3 is 2.58 bits per heavy atom. The van der Waals surface area contributed by atoms with Crippen LogP contribution < -0.4 is 15.4 Å². The van der Waals surface area contributed by atoms with Crippen LogP contribution in [0.25, 0.3) is 22.6 Å². The van der Waals surface area contributed by atoms with E-state index in [1.165, 1.54) is 0 Å². The number of halogens is 1. The number of hydrogen-bond donors (Lipinski definition) is 2. The molecule has 6 nitrogen and oxygen atoms in total. The van der Waals surface area contributed by atoms with E-state index in [1.807, 2.05) is 54.6 Å². The molecule has 0 saturated carbocycles. The third-order valence-corrected chi connectivity index (χ3v) is 5.86. The van der Waals surface area contributed by atoms with Crippen molar-refractivity contribution in [3.63, 3.8) is 0 Å². The predicted molar refractivity (Wildman–Crippen MR) is 145 cm³/mol. The van der Waals surface area contributed by atoms with Crippen LogP contribution in [0.3, 0.4) is 0 Å². The highest BCUT2D eigenvalue weighted by molar-refractivity contribution is 7.80. The lowest BCUT2D eigenvalue weighted by atomic mass is 10.2. The monoisotopic (exact) mass is 513 g/mol. The normalized spacial score (nSPS) is 10.7. The zero-order valence-electron chi connectivity index (χ0n) is 18.9. The SMILES string of the molecule is O=C(NC(=S)Nc1cc(-c2nc3ccccc3o2)ccc1Cl)c1cccc(OCc2ccccc2)c1. The summed E-state index contributed by atoms with van der Waals surface area (Å²) >= 11 is 11.7. The topological polar surface area (TPSA) is 76.4 Å². The fourth-order valence-corrected chi connectivity index (χ4v) is 3.91. The number of aromatic nitrogens is 1. The molecule has 0 atom stereocenters. The number of para-hydroxylation sites is 2. The van der Waals surface area contributed by atoms with Crippen LogP contribution in [0.5, 0.6) is 5.75 Å². The first-order valence-corrected chi connectivity index (χ1v) is 11.9. The third-order valence-electron chi connectivity index (χ3n) is 5.33. The van der Waals surface area contributed by atoms with Crippen LogP contribution in [0, 0.1) is 0 Å². The van der Waals surface area contributed by atoms with Gasteiger partial charge in [-0.3, -0.25) is 10.1 Å². The van der Waals surface area contributed by atoms with Gasteiger partial charge in [0.05, 0.1) is 10.7 Å². The molecule has 36 heavy (non-hydrogen) atoms. The smallest absolute Gasteiger partial charge is 0.257 e. The van der Waals surface area contributed by atoms with Gasteiger partial charge in [-0.15, -0.1) is 0 Å². The molecule has 8 heteroatoms. The first-order valence-electron chi connectivity index (χ1n) is 11.1. The molecule has 5 rings (SSSR count). The van der Waals surface area contributed by atoms with Crippen molar-refractivity contribution in [2.24, 2.45) is 0 Å². The quantitative estimate of drug-likeness (QED) is 0.242. The molecule has 1 amide bonds. The van der Waals surface area contributed by atoms with E-state index in [-0.39, 0.29) is 11.0 Å². The molecule has 1 heterocycles. The molecule has 2 N–H and O–H groups in total. The summed E-state index contributed by atoms with van der Waals surface area (Å²) in [6.45, 7) is 0.404. The minimum Gasteiger partial charge on any atom is -0.489 e. The first-order chi connectivity index (χ1) is 17.5. The van der Waals surface area contributed by atoms with Crippen molar-refractivity contribution in [1.29, 1.82) is 0 Å². The van der Waals surface area contributed by atoms with Crippen LogP contribution in [0.4, 0.5) is 5.69 Å². The zero-order chi connectivity index (χ0) is 24.9. The average Bonchev–Trinajstić information content (AvgIpc) is 3.34. The van der Waals surface area contributed by atoms with Gasteiger partial charge in [0.25, 0.3) is 5.91 Å². The number of rotatable bonds is 6. The number of thiocarbonyl (C=S) groups is 1. The molecule has 1 aromatic heterocycles. The maximum Gasteiger partial charge on any atom is 0.257 e. The number of nitrogens with zero attached hydrogens (tertiary/aromatic N) is 1. The summed E-state index contributed by atoms with van der Waals surface area (Å²) in [4.78, 5) is 17.3. The van der Waals surface area contributed by atoms with E-state index in [0.29, 0.717) is 40.1 Å². The highest BCUT2D eigenvalue weighted by atomic mass is 35.5. The fraction of sp³-hybridized carbons (Fsp3) is 0.0357. The van der Waals surface area contributed by atoms with Crippen LogP contribution in [0.2, 0.25) is 5.02 Å². The maximum atomic E-state index is 12.8. The van der Waals surface area contributed by atoms with Crippen molar-refractivity contribution in [3.8, 4) is 17.2 Å². The number of amides is 1. The summed E-state index contributed by atoms with van der Waals surface area (Å²) in [5.74, 6) is 0.668. The Labute approximate surface area is 217 Å². The minimum atomic E-state index is -0.371. The molecule has 0 saturated heterocycles. The second-order valence-electron chi connectivity index (χ2n) is 7.89. The molecular weight excluding hydrogens is 494 g/mol. The average molecular weight is 514 g/mol. The van der Waals surface area contributed by atoms with E-state index < -0.39 is 0 Å². The number of anilines is 1. The van der Waals surface area contributed by atoms with Crippen LogP contribution >= 0.6 is 23.8 Å². The number of carbonyl (C=O) groups excluding carboxylic acids is 1. The number of benzene rings is 4. The van der Waals surface area contributed by atoms with Crippen molar-refractivity contribution < 1.29 is 13.9 Å². The van der Waals surface area contributed by atoms with Crippen molar-refractivity contribution in [2.75, 3.05) is 5.32 Å². The van der Waals surface area contributed by atoms with E-state index in [1.54, 1.807) is 42.5 Å². The Morgan fingerprint density at radius 1 is 0.944 bits per heavy atom. The van der Waals surface area contributed by atoms with Gasteiger partial charge in [0.15, 0.2) is 10.7 Å². The van der Waals surface area contributed by atoms with Crippen molar-refractivity contribution in [3.05, 3.63) is 113 Å². The van der Waals surface area contributed by atoms with E-state index in [4.69, 9.17) is 33.0 Å². The lowest BCUT2D eigenvalue weighted by Crippen LogP contribution is -2.34. The van der Waals surface area contributed by atoms with Gasteiger partial charge in [-0.2, -0.15) is 0 Å². The number of nitrogens with one attached hydrogen (secondary N) is 2. The second kappa shape index (κ2) is 10.6.